The molecule has 0 unspecified atom stereocenters. The maximum atomic E-state index is 10.9. The highest BCUT2D eigenvalue weighted by Crippen LogP contribution is 2.07. The minimum absolute atomic E-state index is 0.0273. The van der Waals surface area contributed by atoms with Gasteiger partial charge in [0.25, 0.3) is 0 Å². The summed E-state index contributed by atoms with van der Waals surface area (Å²) >= 11 is 0. The molecule has 2 aromatic heterocycles. The fourth-order valence-electron chi connectivity index (χ4n) is 2.08. The third-order valence-electron chi connectivity index (χ3n) is 2.65. The highest BCUT2D eigenvalue weighted by Gasteiger charge is 2.14. The van der Waals surface area contributed by atoms with Crippen molar-refractivity contribution < 1.29 is 9.90 Å². The zero-order valence-corrected chi connectivity index (χ0v) is 11.2. The Labute approximate surface area is 111 Å². The van der Waals surface area contributed by atoms with Gasteiger partial charge in [-0.05, 0) is 12.0 Å². The number of rotatable bonds is 6. The van der Waals surface area contributed by atoms with Crippen molar-refractivity contribution in [1.82, 2.24) is 19.3 Å². The number of carboxylic acids is 1. The van der Waals surface area contributed by atoms with Crippen LogP contribution in [0.1, 0.15) is 19.5 Å². The van der Waals surface area contributed by atoms with Gasteiger partial charge >= 0.3 is 5.97 Å². The van der Waals surface area contributed by atoms with Crippen molar-refractivity contribution in [3.05, 3.63) is 30.4 Å². The highest BCUT2D eigenvalue weighted by atomic mass is 16.4. The van der Waals surface area contributed by atoms with Crippen LogP contribution in [0.15, 0.2) is 24.7 Å². The van der Waals surface area contributed by atoms with Gasteiger partial charge in [-0.1, -0.05) is 13.8 Å². The van der Waals surface area contributed by atoms with E-state index < -0.39 is 5.97 Å². The molecular weight excluding hydrogens is 244 g/mol. The van der Waals surface area contributed by atoms with Crippen LogP contribution in [0.25, 0.3) is 5.78 Å². The van der Waals surface area contributed by atoms with Crippen molar-refractivity contribution in [3.63, 3.8) is 0 Å². The fourth-order valence-corrected chi connectivity index (χ4v) is 2.08. The van der Waals surface area contributed by atoms with E-state index in [4.69, 9.17) is 5.11 Å². The van der Waals surface area contributed by atoms with Gasteiger partial charge in [0.05, 0.1) is 12.2 Å². The van der Waals surface area contributed by atoms with Crippen molar-refractivity contribution in [2.45, 2.75) is 20.4 Å². The minimum Gasteiger partial charge on any atom is -0.480 e. The lowest BCUT2D eigenvalue weighted by atomic mass is 10.2. The summed E-state index contributed by atoms with van der Waals surface area (Å²) < 4.78 is 1.84. The molecule has 0 radical (unpaired) electrons. The van der Waals surface area contributed by atoms with Gasteiger partial charge < -0.3 is 5.11 Å². The van der Waals surface area contributed by atoms with Crippen LogP contribution < -0.4 is 0 Å². The maximum Gasteiger partial charge on any atom is 0.317 e. The van der Waals surface area contributed by atoms with Crippen molar-refractivity contribution in [1.29, 1.82) is 0 Å². The Bertz CT molecular complexity index is 532. The van der Waals surface area contributed by atoms with Crippen molar-refractivity contribution in [2.24, 2.45) is 5.92 Å². The monoisotopic (exact) mass is 262 g/mol. The molecule has 0 saturated heterocycles. The molecule has 19 heavy (non-hydrogen) atoms. The lowest BCUT2D eigenvalue weighted by Gasteiger charge is -2.20. The summed E-state index contributed by atoms with van der Waals surface area (Å²) in [6.45, 7) is 5.42. The summed E-state index contributed by atoms with van der Waals surface area (Å²) in [5.74, 6) is 0.231. The van der Waals surface area contributed by atoms with E-state index in [9.17, 15) is 4.79 Å². The van der Waals surface area contributed by atoms with Crippen LogP contribution >= 0.6 is 0 Å². The van der Waals surface area contributed by atoms with Crippen LogP contribution in [0.2, 0.25) is 0 Å². The molecule has 102 valence electrons. The molecule has 0 spiro atoms. The first-order valence-electron chi connectivity index (χ1n) is 6.27. The van der Waals surface area contributed by atoms with Gasteiger partial charge in [-0.3, -0.25) is 14.1 Å². The number of fused-ring (bicyclic) bond motifs is 1. The smallest absolute Gasteiger partial charge is 0.317 e. The quantitative estimate of drug-likeness (QED) is 0.849. The van der Waals surface area contributed by atoms with E-state index in [1.54, 1.807) is 6.20 Å². The average molecular weight is 262 g/mol. The number of nitrogens with zero attached hydrogens (tertiary/aromatic N) is 4. The van der Waals surface area contributed by atoms with Crippen LogP contribution in [0.3, 0.4) is 0 Å². The second kappa shape index (κ2) is 5.79. The van der Waals surface area contributed by atoms with Gasteiger partial charge in [-0.25, -0.2) is 9.97 Å². The first-order valence-corrected chi connectivity index (χ1v) is 6.27. The summed E-state index contributed by atoms with van der Waals surface area (Å²) in [4.78, 5) is 21.3. The fraction of sp³-hybridized carbons (Fsp3) is 0.462. The first kappa shape index (κ1) is 13.5. The van der Waals surface area contributed by atoms with E-state index in [0.29, 0.717) is 18.2 Å². The number of carboxylic acid groups (broad SMARTS) is 1. The molecule has 2 rings (SSSR count). The Morgan fingerprint density at radius 3 is 2.95 bits per heavy atom. The minimum atomic E-state index is -0.817. The van der Waals surface area contributed by atoms with Crippen molar-refractivity contribution in [3.8, 4) is 0 Å². The molecule has 0 aromatic carbocycles. The van der Waals surface area contributed by atoms with Crippen LogP contribution in [0.5, 0.6) is 0 Å². The number of imidazole rings is 1. The molecule has 2 aromatic rings. The third kappa shape index (κ3) is 3.75. The molecule has 0 atom stereocenters. The molecule has 0 amide bonds. The normalized spacial score (nSPS) is 11.6. The van der Waals surface area contributed by atoms with Gasteiger partial charge in [0.2, 0.25) is 5.78 Å². The molecule has 6 nitrogen and oxygen atoms in total. The van der Waals surface area contributed by atoms with Crippen LogP contribution in [0.4, 0.5) is 0 Å². The largest absolute Gasteiger partial charge is 0.480 e. The molecule has 0 aliphatic rings. The predicted octanol–water partition coefficient (Wildman–Crippen LogP) is 1.27. The molecule has 0 aliphatic carbocycles. The Hall–Kier alpha value is -1.95. The lowest BCUT2D eigenvalue weighted by molar-refractivity contribution is -0.138. The molecular formula is C13H18N4O2. The second-order valence-corrected chi connectivity index (χ2v) is 5.02. The summed E-state index contributed by atoms with van der Waals surface area (Å²) in [5.41, 5.74) is 0.834. The molecule has 1 N–H and O–H groups in total. The molecule has 0 bridgehead atoms. The molecule has 0 aliphatic heterocycles. The topological polar surface area (TPSA) is 70.7 Å². The van der Waals surface area contributed by atoms with E-state index in [0.717, 1.165) is 12.2 Å². The maximum absolute atomic E-state index is 10.9. The van der Waals surface area contributed by atoms with Gasteiger partial charge in [0.15, 0.2) is 0 Å². The highest BCUT2D eigenvalue weighted by molar-refractivity contribution is 5.69. The van der Waals surface area contributed by atoms with Gasteiger partial charge in [-0.15, -0.1) is 0 Å². The second-order valence-electron chi connectivity index (χ2n) is 5.02. The third-order valence-corrected chi connectivity index (χ3v) is 2.65. The Morgan fingerprint density at radius 1 is 1.53 bits per heavy atom. The summed E-state index contributed by atoms with van der Waals surface area (Å²) in [5, 5.41) is 8.93. The van der Waals surface area contributed by atoms with Crippen LogP contribution in [-0.4, -0.2) is 43.4 Å². The van der Waals surface area contributed by atoms with E-state index >= 15 is 0 Å². The SMILES string of the molecule is CC(C)CN(CC(=O)O)Cc1cn2cccnc2n1. The van der Waals surface area contributed by atoms with Crippen molar-refractivity contribution >= 4 is 11.7 Å². The zero-order chi connectivity index (χ0) is 13.8. The van der Waals surface area contributed by atoms with Crippen molar-refractivity contribution in [2.75, 3.05) is 13.1 Å². The van der Waals surface area contributed by atoms with E-state index in [-0.39, 0.29) is 6.54 Å². The molecule has 0 saturated carbocycles. The molecule has 6 heteroatoms. The number of aliphatic carboxylic acids is 1. The Morgan fingerprint density at radius 2 is 2.32 bits per heavy atom. The van der Waals surface area contributed by atoms with E-state index in [1.807, 2.05) is 27.8 Å². The Kier molecular flexibility index (Phi) is 4.11. The van der Waals surface area contributed by atoms with Gasteiger partial charge in [0.1, 0.15) is 0 Å². The predicted molar refractivity (Wildman–Crippen MR) is 70.7 cm³/mol. The number of hydrogen-bond donors (Lipinski definition) is 1. The average Bonchev–Trinajstić information content (AvgIpc) is 2.68. The summed E-state index contributed by atoms with van der Waals surface area (Å²) in [6.07, 6.45) is 5.45. The number of carbonyl (C=O) groups is 1. The molecule has 0 fully saturated rings. The number of aromatic nitrogens is 3. The summed E-state index contributed by atoms with van der Waals surface area (Å²) in [6, 6.07) is 1.83. The van der Waals surface area contributed by atoms with E-state index in [1.165, 1.54) is 0 Å². The molecule has 2 heterocycles. The Balaban J connectivity index is 2.12. The zero-order valence-electron chi connectivity index (χ0n) is 11.2. The van der Waals surface area contributed by atoms with Gasteiger partial charge in [-0.2, -0.15) is 0 Å². The first-order chi connectivity index (χ1) is 9.04. The van der Waals surface area contributed by atoms with Gasteiger partial charge in [0, 0.05) is 31.7 Å². The number of hydrogen-bond acceptors (Lipinski definition) is 4. The summed E-state index contributed by atoms with van der Waals surface area (Å²) in [7, 11) is 0. The lowest BCUT2D eigenvalue weighted by Crippen LogP contribution is -2.32. The van der Waals surface area contributed by atoms with Crippen LogP contribution in [0, 0.1) is 5.92 Å². The standard InChI is InChI=1S/C13H18N4O2/c1-10(2)6-16(9-12(18)19)7-11-8-17-5-3-4-14-13(17)15-11/h3-5,8,10H,6-7,9H2,1-2H3,(H,18,19). The van der Waals surface area contributed by atoms with E-state index in [2.05, 4.69) is 23.8 Å². The van der Waals surface area contributed by atoms with Crippen LogP contribution in [-0.2, 0) is 11.3 Å².